The minimum atomic E-state index is -1.57. The summed E-state index contributed by atoms with van der Waals surface area (Å²) in [6.07, 6.45) is 0. The van der Waals surface area contributed by atoms with Gasteiger partial charge in [-0.1, -0.05) is 42.5 Å². The molecule has 0 aromatic heterocycles. The predicted molar refractivity (Wildman–Crippen MR) is 159 cm³/mol. The van der Waals surface area contributed by atoms with E-state index in [4.69, 9.17) is 25.5 Å². The normalized spacial score (nSPS) is 10.2. The van der Waals surface area contributed by atoms with Crippen molar-refractivity contribution < 1.29 is 79.2 Å². The van der Waals surface area contributed by atoms with Crippen molar-refractivity contribution in [3.05, 3.63) is 117 Å². The van der Waals surface area contributed by atoms with E-state index in [9.17, 15) is 53.7 Å². The van der Waals surface area contributed by atoms with E-state index >= 15 is 0 Å². The van der Waals surface area contributed by atoms with Crippen molar-refractivity contribution in [3.63, 3.8) is 0 Å². The fourth-order valence-electron chi connectivity index (χ4n) is 4.65. The van der Waals surface area contributed by atoms with Crippen LogP contribution in [0.5, 0.6) is 0 Å². The molecule has 4 aromatic rings. The van der Waals surface area contributed by atoms with Gasteiger partial charge in [-0.15, -0.1) is 0 Å². The quantitative estimate of drug-likeness (QED) is 0.118. The Bertz CT molecular complexity index is 1970. The molecule has 0 amide bonds. The molecular weight excluding hydrogens is 640 g/mol. The third-order valence-electron chi connectivity index (χ3n) is 6.61. The summed E-state index contributed by atoms with van der Waals surface area (Å²) in [5.74, 6) is -12.0. The fraction of sp³-hybridized carbons (Fsp3) is 0. The predicted octanol–water partition coefficient (Wildman–Crippen LogP) is 4.29. The minimum absolute atomic E-state index is 0.0261. The summed E-state index contributed by atoms with van der Waals surface area (Å²) in [7, 11) is 0. The molecule has 16 nitrogen and oxygen atoms in total. The molecule has 4 rings (SSSR count). The van der Waals surface area contributed by atoms with E-state index in [1.807, 2.05) is 0 Å². The second-order valence-corrected chi connectivity index (χ2v) is 9.39. The molecule has 0 heterocycles. The number of benzene rings is 4. The van der Waals surface area contributed by atoms with Gasteiger partial charge in [-0.2, -0.15) is 0 Å². The molecule has 0 fully saturated rings. The zero-order chi connectivity index (χ0) is 36.0. The van der Waals surface area contributed by atoms with Crippen LogP contribution in [-0.4, -0.2) is 88.6 Å². The average Bonchev–Trinajstić information content (AvgIpc) is 3.03. The number of aromatic carboxylic acids is 8. The molecule has 0 aliphatic carbocycles. The molecule has 0 unspecified atom stereocenters. The summed E-state index contributed by atoms with van der Waals surface area (Å²) in [5.41, 5.74) is -4.58. The molecule has 0 saturated heterocycles. The van der Waals surface area contributed by atoms with Crippen molar-refractivity contribution in [2.24, 2.45) is 0 Å². The zero-order valence-corrected chi connectivity index (χ0v) is 23.8. The van der Waals surface area contributed by atoms with Crippen LogP contribution in [0.2, 0.25) is 0 Å². The molecule has 48 heavy (non-hydrogen) atoms. The van der Waals surface area contributed by atoms with Gasteiger partial charge in [-0.05, 0) is 52.6 Å². The Morgan fingerprint density at radius 2 is 0.625 bits per heavy atom. The summed E-state index contributed by atoms with van der Waals surface area (Å²) in [4.78, 5) is 90.4. The summed E-state index contributed by atoms with van der Waals surface area (Å²) in [6.45, 7) is 0. The first kappa shape index (κ1) is 35.1. The van der Waals surface area contributed by atoms with Gasteiger partial charge in [0, 0.05) is 0 Å². The van der Waals surface area contributed by atoms with E-state index in [-0.39, 0.29) is 22.3 Å². The van der Waals surface area contributed by atoms with E-state index in [2.05, 4.69) is 0 Å². The lowest BCUT2D eigenvalue weighted by atomic mass is 9.90. The number of hydrogen-bond donors (Lipinski definition) is 8. The first-order valence-electron chi connectivity index (χ1n) is 12.9. The lowest BCUT2D eigenvalue weighted by molar-refractivity contribution is 0.0650. The highest BCUT2D eigenvalue weighted by atomic mass is 16.4. The Kier molecular flexibility index (Phi) is 10.4. The molecule has 0 aliphatic heterocycles. The van der Waals surface area contributed by atoms with Crippen LogP contribution in [0.3, 0.4) is 0 Å². The van der Waals surface area contributed by atoms with Gasteiger partial charge < -0.3 is 40.9 Å². The monoisotopic (exact) mass is 660 g/mol. The highest BCUT2D eigenvalue weighted by Gasteiger charge is 2.27. The van der Waals surface area contributed by atoms with E-state index in [0.29, 0.717) is 0 Å². The van der Waals surface area contributed by atoms with Gasteiger partial charge in [-0.3, -0.25) is 0 Å². The number of carboxylic acids is 8. The summed E-state index contributed by atoms with van der Waals surface area (Å²) < 4.78 is 0. The highest BCUT2D eigenvalue weighted by molar-refractivity contribution is 6.12. The molecule has 0 aliphatic rings. The van der Waals surface area contributed by atoms with Gasteiger partial charge >= 0.3 is 47.8 Å². The van der Waals surface area contributed by atoms with Crippen LogP contribution >= 0.6 is 0 Å². The number of hydrogen-bond acceptors (Lipinski definition) is 8. The number of carboxylic acid groups (broad SMARTS) is 8. The molecule has 16 heteroatoms. The first-order chi connectivity index (χ1) is 22.5. The van der Waals surface area contributed by atoms with Gasteiger partial charge in [0.1, 0.15) is 0 Å². The van der Waals surface area contributed by atoms with Crippen LogP contribution in [0, 0.1) is 0 Å². The van der Waals surface area contributed by atoms with Crippen molar-refractivity contribution >= 4 is 47.8 Å². The van der Waals surface area contributed by atoms with Crippen LogP contribution in [0.1, 0.15) is 82.9 Å². The maximum absolute atomic E-state index is 11.5. The van der Waals surface area contributed by atoms with Crippen molar-refractivity contribution in [2.75, 3.05) is 0 Å². The Morgan fingerprint density at radius 3 is 0.938 bits per heavy atom. The van der Waals surface area contributed by atoms with E-state index in [0.717, 1.165) is 30.3 Å². The smallest absolute Gasteiger partial charge is 0.337 e. The largest absolute Gasteiger partial charge is 0.478 e. The Labute approximate surface area is 266 Å². The van der Waals surface area contributed by atoms with E-state index in [1.165, 1.54) is 42.5 Å². The lowest BCUT2D eigenvalue weighted by Gasteiger charge is -2.13. The standard InChI is InChI=1S/2C16H10O8/c17-13(18)9-5-1-3-7(11(9)15(21)22)8-4-2-6-10(14(19)20)12(8)16(23)24;17-13(18)9-5-4-7(6-11(9)15(21)22)8-2-1-3-10(14(19)20)12(8)16(23)24/h2*1-6H,(H,17,18)(H,19,20)(H,21,22)(H,23,24). The molecule has 8 N–H and O–H groups in total. The van der Waals surface area contributed by atoms with Crippen molar-refractivity contribution in [1.82, 2.24) is 0 Å². The Morgan fingerprint density at radius 1 is 0.312 bits per heavy atom. The number of carbonyl (C=O) groups is 8. The topological polar surface area (TPSA) is 298 Å². The van der Waals surface area contributed by atoms with Crippen LogP contribution in [0.25, 0.3) is 22.3 Å². The molecule has 0 radical (unpaired) electrons. The minimum Gasteiger partial charge on any atom is -0.478 e. The van der Waals surface area contributed by atoms with E-state index in [1.54, 1.807) is 0 Å². The van der Waals surface area contributed by atoms with Crippen molar-refractivity contribution in [3.8, 4) is 22.3 Å². The third-order valence-corrected chi connectivity index (χ3v) is 6.61. The van der Waals surface area contributed by atoms with Gasteiger partial charge in [0.15, 0.2) is 0 Å². The van der Waals surface area contributed by atoms with Gasteiger partial charge in [0.05, 0.1) is 44.5 Å². The number of rotatable bonds is 10. The summed E-state index contributed by atoms with van der Waals surface area (Å²) in [6, 6.07) is 14.1. The molecule has 0 atom stereocenters. The average molecular weight is 660 g/mol. The molecule has 244 valence electrons. The second kappa shape index (κ2) is 14.2. The molecule has 4 aromatic carbocycles. The maximum atomic E-state index is 11.5. The first-order valence-corrected chi connectivity index (χ1v) is 12.9. The molecule has 0 bridgehead atoms. The van der Waals surface area contributed by atoms with Crippen LogP contribution in [-0.2, 0) is 0 Å². The van der Waals surface area contributed by atoms with Crippen LogP contribution < -0.4 is 0 Å². The van der Waals surface area contributed by atoms with Crippen molar-refractivity contribution in [1.29, 1.82) is 0 Å². The van der Waals surface area contributed by atoms with Gasteiger partial charge in [-0.25, -0.2) is 38.4 Å². The lowest BCUT2D eigenvalue weighted by Crippen LogP contribution is -2.13. The highest BCUT2D eigenvalue weighted by Crippen LogP contribution is 2.32. The summed E-state index contributed by atoms with van der Waals surface area (Å²) in [5, 5.41) is 73.5. The maximum Gasteiger partial charge on any atom is 0.337 e. The molecular formula is C32H20O16. The van der Waals surface area contributed by atoms with E-state index < -0.39 is 92.3 Å². The summed E-state index contributed by atoms with van der Waals surface area (Å²) >= 11 is 0. The van der Waals surface area contributed by atoms with Gasteiger partial charge in [0.25, 0.3) is 0 Å². The Hall–Kier alpha value is -7.36. The zero-order valence-electron chi connectivity index (χ0n) is 23.8. The molecule has 0 saturated carbocycles. The van der Waals surface area contributed by atoms with Crippen molar-refractivity contribution in [2.45, 2.75) is 0 Å². The molecule has 0 spiro atoms. The fourth-order valence-corrected chi connectivity index (χ4v) is 4.65. The third kappa shape index (κ3) is 7.13. The van der Waals surface area contributed by atoms with Crippen LogP contribution in [0.4, 0.5) is 0 Å². The van der Waals surface area contributed by atoms with Gasteiger partial charge in [0.2, 0.25) is 0 Å². The van der Waals surface area contributed by atoms with Crippen LogP contribution in [0.15, 0.2) is 72.8 Å². The second-order valence-electron chi connectivity index (χ2n) is 9.39. The SMILES string of the molecule is O=C(O)c1ccc(-c2cccc(C(=O)O)c2C(=O)O)cc1C(=O)O.O=C(O)c1cccc(-c2cccc(C(=O)O)c2C(=O)O)c1C(=O)O. The Balaban J connectivity index is 0.000000260.